The monoisotopic (exact) mass is 349 g/mol. The Kier molecular flexibility index (Phi) is 4.67. The molecule has 0 atom stereocenters. The number of nitrogens with one attached hydrogen (secondary N) is 1. The van der Waals surface area contributed by atoms with Crippen molar-refractivity contribution in [2.75, 3.05) is 7.11 Å². The lowest BCUT2D eigenvalue weighted by Crippen LogP contribution is -2.41. The van der Waals surface area contributed by atoms with Crippen LogP contribution in [0.1, 0.15) is 37.1 Å². The van der Waals surface area contributed by atoms with Gasteiger partial charge in [-0.15, -0.1) is 5.10 Å². The number of ether oxygens (including phenoxy) is 1. The molecular weight excluding hydrogens is 326 g/mol. The van der Waals surface area contributed by atoms with E-state index < -0.39 is 0 Å². The van der Waals surface area contributed by atoms with Crippen LogP contribution >= 0.6 is 0 Å². The first-order valence-corrected chi connectivity index (χ1v) is 9.03. The highest BCUT2D eigenvalue weighted by molar-refractivity contribution is 5.38. The van der Waals surface area contributed by atoms with Crippen LogP contribution in [-0.2, 0) is 12.1 Å². The van der Waals surface area contributed by atoms with Crippen LogP contribution in [0.5, 0.6) is 5.75 Å². The predicted molar refractivity (Wildman–Crippen MR) is 99.1 cm³/mol. The molecule has 26 heavy (non-hydrogen) atoms. The van der Waals surface area contributed by atoms with Gasteiger partial charge in [-0.2, -0.15) is 4.68 Å². The molecule has 0 saturated heterocycles. The van der Waals surface area contributed by atoms with Gasteiger partial charge in [-0.05, 0) is 53.1 Å². The first kappa shape index (κ1) is 16.7. The van der Waals surface area contributed by atoms with Crippen LogP contribution in [0.3, 0.4) is 0 Å². The maximum atomic E-state index is 5.25. The van der Waals surface area contributed by atoms with Crippen LogP contribution < -0.4 is 10.1 Å². The lowest BCUT2D eigenvalue weighted by molar-refractivity contribution is 0.312. The normalized spacial score (nSPS) is 15.9. The van der Waals surface area contributed by atoms with Gasteiger partial charge in [0, 0.05) is 6.54 Å². The fourth-order valence-electron chi connectivity index (χ4n) is 3.71. The summed E-state index contributed by atoms with van der Waals surface area (Å²) >= 11 is 0. The van der Waals surface area contributed by atoms with Gasteiger partial charge in [0.05, 0.1) is 18.3 Å². The molecule has 1 heterocycles. The van der Waals surface area contributed by atoms with Crippen LogP contribution in [0.25, 0.3) is 5.69 Å². The van der Waals surface area contributed by atoms with Crippen molar-refractivity contribution in [1.82, 2.24) is 25.5 Å². The Morgan fingerprint density at radius 3 is 2.46 bits per heavy atom. The van der Waals surface area contributed by atoms with Crippen molar-refractivity contribution in [1.29, 1.82) is 0 Å². The molecule has 1 aromatic heterocycles. The molecule has 2 aromatic carbocycles. The number of methoxy groups -OCH3 is 1. The Hall–Kier alpha value is -2.73. The number of nitrogens with zero attached hydrogens (tertiary/aromatic N) is 4. The van der Waals surface area contributed by atoms with Gasteiger partial charge in [-0.1, -0.05) is 43.2 Å². The second-order valence-electron chi connectivity index (χ2n) is 6.74. The predicted octanol–water partition coefficient (Wildman–Crippen LogP) is 3.23. The van der Waals surface area contributed by atoms with Crippen LogP contribution in [0.4, 0.5) is 0 Å². The van der Waals surface area contributed by atoms with Crippen LogP contribution in [0.15, 0.2) is 54.6 Å². The van der Waals surface area contributed by atoms with Gasteiger partial charge in [0.25, 0.3) is 0 Å². The third kappa shape index (κ3) is 3.20. The summed E-state index contributed by atoms with van der Waals surface area (Å²) in [4.78, 5) is 0. The Balaban J connectivity index is 1.64. The second kappa shape index (κ2) is 7.25. The zero-order valence-electron chi connectivity index (χ0n) is 14.9. The maximum Gasteiger partial charge on any atom is 0.176 e. The van der Waals surface area contributed by atoms with E-state index in [-0.39, 0.29) is 5.54 Å². The minimum Gasteiger partial charge on any atom is -0.497 e. The summed E-state index contributed by atoms with van der Waals surface area (Å²) in [6.07, 6.45) is 4.43. The van der Waals surface area contributed by atoms with E-state index >= 15 is 0 Å². The average molecular weight is 349 g/mol. The van der Waals surface area contributed by atoms with Gasteiger partial charge in [0.1, 0.15) is 5.75 Å². The fourth-order valence-corrected chi connectivity index (χ4v) is 3.71. The largest absolute Gasteiger partial charge is 0.497 e. The minimum atomic E-state index is -0.195. The summed E-state index contributed by atoms with van der Waals surface area (Å²) in [5, 5.41) is 16.4. The number of hydrogen-bond acceptors (Lipinski definition) is 5. The molecule has 0 amide bonds. The van der Waals surface area contributed by atoms with E-state index in [9.17, 15) is 0 Å². The molecule has 1 fully saturated rings. The lowest BCUT2D eigenvalue weighted by atomic mass is 9.95. The zero-order chi connectivity index (χ0) is 17.8. The Bertz CT molecular complexity index is 838. The maximum absolute atomic E-state index is 5.25. The fraction of sp³-hybridized carbons (Fsp3) is 0.350. The molecule has 0 bridgehead atoms. The molecule has 6 nitrogen and oxygen atoms in total. The first-order chi connectivity index (χ1) is 12.8. The summed E-state index contributed by atoms with van der Waals surface area (Å²) in [7, 11) is 1.67. The van der Waals surface area contributed by atoms with E-state index in [0.29, 0.717) is 0 Å². The quantitative estimate of drug-likeness (QED) is 0.740. The summed E-state index contributed by atoms with van der Waals surface area (Å²) in [5.74, 6) is 1.71. The average Bonchev–Trinajstić information content (AvgIpc) is 3.38. The lowest BCUT2D eigenvalue weighted by Gasteiger charge is -2.29. The van der Waals surface area contributed by atoms with E-state index in [0.717, 1.165) is 36.6 Å². The van der Waals surface area contributed by atoms with E-state index in [1.807, 2.05) is 35.0 Å². The molecular formula is C20H23N5O. The van der Waals surface area contributed by atoms with Gasteiger partial charge < -0.3 is 10.1 Å². The molecule has 1 saturated carbocycles. The molecule has 1 aliphatic rings. The molecule has 0 aliphatic heterocycles. The van der Waals surface area contributed by atoms with E-state index in [1.165, 1.54) is 18.4 Å². The highest BCUT2D eigenvalue weighted by Gasteiger charge is 2.40. The summed E-state index contributed by atoms with van der Waals surface area (Å²) < 4.78 is 7.10. The highest BCUT2D eigenvalue weighted by Crippen LogP contribution is 2.38. The van der Waals surface area contributed by atoms with Gasteiger partial charge >= 0.3 is 0 Å². The molecule has 4 rings (SSSR count). The highest BCUT2D eigenvalue weighted by atomic mass is 16.5. The van der Waals surface area contributed by atoms with Crippen LogP contribution in [0.2, 0.25) is 0 Å². The van der Waals surface area contributed by atoms with Crippen molar-refractivity contribution < 1.29 is 4.74 Å². The summed E-state index contributed by atoms with van der Waals surface area (Å²) in [6.45, 7) is 0.802. The van der Waals surface area contributed by atoms with E-state index in [4.69, 9.17) is 4.74 Å². The molecule has 1 N–H and O–H groups in total. The van der Waals surface area contributed by atoms with Crippen molar-refractivity contribution in [3.8, 4) is 11.4 Å². The zero-order valence-corrected chi connectivity index (χ0v) is 14.9. The molecule has 0 spiro atoms. The van der Waals surface area contributed by atoms with Gasteiger partial charge in [-0.25, -0.2) is 0 Å². The number of rotatable bonds is 6. The first-order valence-electron chi connectivity index (χ1n) is 9.03. The number of tetrazole rings is 1. The molecule has 6 heteroatoms. The standard InChI is InChI=1S/C20H23N5O/c1-26-18-11-9-17(10-12-18)25-19(22-23-24-25)20(13-5-6-14-20)21-15-16-7-3-2-4-8-16/h2-4,7-12,21H,5-6,13-15H2,1H3. The SMILES string of the molecule is COc1ccc(-n2nnnc2C2(NCc3ccccc3)CCCC2)cc1. The number of aromatic nitrogens is 4. The Morgan fingerprint density at radius 2 is 1.77 bits per heavy atom. The molecule has 134 valence electrons. The summed E-state index contributed by atoms with van der Waals surface area (Å²) in [5.41, 5.74) is 2.01. The Morgan fingerprint density at radius 1 is 1.04 bits per heavy atom. The van der Waals surface area contributed by atoms with Crippen molar-refractivity contribution in [3.63, 3.8) is 0 Å². The van der Waals surface area contributed by atoms with Crippen LogP contribution in [0, 0.1) is 0 Å². The second-order valence-corrected chi connectivity index (χ2v) is 6.74. The smallest absolute Gasteiger partial charge is 0.176 e. The molecule has 0 radical (unpaired) electrons. The van der Waals surface area contributed by atoms with Crippen molar-refractivity contribution in [3.05, 3.63) is 66.0 Å². The van der Waals surface area contributed by atoms with E-state index in [1.54, 1.807) is 7.11 Å². The molecule has 0 unspecified atom stereocenters. The Labute approximate surface area is 153 Å². The van der Waals surface area contributed by atoms with E-state index in [2.05, 4.69) is 45.1 Å². The number of benzene rings is 2. The molecule has 3 aromatic rings. The number of hydrogen-bond donors (Lipinski definition) is 1. The van der Waals surface area contributed by atoms with Crippen molar-refractivity contribution >= 4 is 0 Å². The molecule has 1 aliphatic carbocycles. The van der Waals surface area contributed by atoms with Gasteiger partial charge in [-0.3, -0.25) is 0 Å². The van der Waals surface area contributed by atoms with Crippen molar-refractivity contribution in [2.24, 2.45) is 0 Å². The van der Waals surface area contributed by atoms with Gasteiger partial charge in [0.2, 0.25) is 0 Å². The summed E-state index contributed by atoms with van der Waals surface area (Å²) in [6, 6.07) is 18.3. The third-order valence-electron chi connectivity index (χ3n) is 5.15. The third-order valence-corrected chi connectivity index (χ3v) is 5.15. The topological polar surface area (TPSA) is 64.9 Å². The van der Waals surface area contributed by atoms with Crippen LogP contribution in [-0.4, -0.2) is 27.3 Å². The van der Waals surface area contributed by atoms with Gasteiger partial charge in [0.15, 0.2) is 5.82 Å². The minimum absolute atomic E-state index is 0.195. The van der Waals surface area contributed by atoms with Crippen molar-refractivity contribution in [2.45, 2.75) is 37.8 Å².